The van der Waals surface area contributed by atoms with Crippen LogP contribution in [0.5, 0.6) is 0 Å². The molecule has 0 aromatic carbocycles. The van der Waals surface area contributed by atoms with E-state index in [0.29, 0.717) is 13.0 Å². The summed E-state index contributed by atoms with van der Waals surface area (Å²) in [7, 11) is 0. The Morgan fingerprint density at radius 1 is 1.69 bits per heavy atom. The SMILES string of the molecule is N#CCCN1CCCC1CC(=O)O. The first-order valence-corrected chi connectivity index (χ1v) is 4.57. The lowest BCUT2D eigenvalue weighted by atomic mass is 10.1. The Bertz CT molecular complexity index is 222. The predicted molar refractivity (Wildman–Crippen MR) is 47.1 cm³/mol. The molecule has 0 saturated carbocycles. The first-order valence-electron chi connectivity index (χ1n) is 4.57. The van der Waals surface area contributed by atoms with Crippen LogP contribution in [-0.4, -0.2) is 35.1 Å². The van der Waals surface area contributed by atoms with E-state index >= 15 is 0 Å². The molecule has 1 aliphatic heterocycles. The Balaban J connectivity index is 2.35. The lowest BCUT2D eigenvalue weighted by Crippen LogP contribution is -2.32. The third-order valence-electron chi connectivity index (χ3n) is 2.42. The van der Waals surface area contributed by atoms with E-state index in [-0.39, 0.29) is 12.5 Å². The monoisotopic (exact) mass is 182 g/mol. The zero-order valence-electron chi connectivity index (χ0n) is 7.57. The molecular formula is C9H14N2O2. The molecule has 4 nitrogen and oxygen atoms in total. The van der Waals surface area contributed by atoms with Crippen LogP contribution in [-0.2, 0) is 4.79 Å². The fourth-order valence-corrected chi connectivity index (χ4v) is 1.82. The summed E-state index contributed by atoms with van der Waals surface area (Å²) in [5.41, 5.74) is 0. The highest BCUT2D eigenvalue weighted by molar-refractivity contribution is 5.67. The molecule has 1 aliphatic rings. The molecule has 0 spiro atoms. The topological polar surface area (TPSA) is 64.3 Å². The average molecular weight is 182 g/mol. The first kappa shape index (κ1) is 10.0. The zero-order valence-corrected chi connectivity index (χ0v) is 7.57. The number of carboxylic acids is 1. The van der Waals surface area contributed by atoms with Crippen molar-refractivity contribution in [3.05, 3.63) is 0 Å². The lowest BCUT2D eigenvalue weighted by Gasteiger charge is -2.21. The molecule has 13 heavy (non-hydrogen) atoms. The van der Waals surface area contributed by atoms with Crippen molar-refractivity contribution in [2.75, 3.05) is 13.1 Å². The summed E-state index contributed by atoms with van der Waals surface area (Å²) in [5.74, 6) is -0.742. The normalized spacial score (nSPS) is 22.8. The van der Waals surface area contributed by atoms with Gasteiger partial charge < -0.3 is 5.11 Å². The fraction of sp³-hybridized carbons (Fsp3) is 0.778. The second-order valence-corrected chi connectivity index (χ2v) is 3.34. The van der Waals surface area contributed by atoms with E-state index in [0.717, 1.165) is 19.4 Å². The summed E-state index contributed by atoms with van der Waals surface area (Å²) in [6, 6.07) is 2.24. The van der Waals surface area contributed by atoms with Crippen molar-refractivity contribution in [2.45, 2.75) is 31.7 Å². The minimum absolute atomic E-state index is 0.158. The van der Waals surface area contributed by atoms with E-state index in [4.69, 9.17) is 10.4 Å². The van der Waals surface area contributed by atoms with Crippen LogP contribution in [0.4, 0.5) is 0 Å². The highest BCUT2D eigenvalue weighted by atomic mass is 16.4. The molecule has 1 N–H and O–H groups in total. The van der Waals surface area contributed by atoms with Gasteiger partial charge in [-0.15, -0.1) is 0 Å². The van der Waals surface area contributed by atoms with Gasteiger partial charge in [0, 0.05) is 19.0 Å². The van der Waals surface area contributed by atoms with E-state index in [9.17, 15) is 4.79 Å². The summed E-state index contributed by atoms with van der Waals surface area (Å²) in [4.78, 5) is 12.6. The molecule has 4 heteroatoms. The van der Waals surface area contributed by atoms with Crippen molar-refractivity contribution >= 4 is 5.97 Å². The Kier molecular flexibility index (Phi) is 3.71. The molecule has 0 radical (unpaired) electrons. The number of nitrogens with zero attached hydrogens (tertiary/aromatic N) is 2. The van der Waals surface area contributed by atoms with Crippen molar-refractivity contribution < 1.29 is 9.90 Å². The quantitative estimate of drug-likeness (QED) is 0.699. The van der Waals surface area contributed by atoms with Crippen LogP contribution >= 0.6 is 0 Å². The Morgan fingerprint density at radius 3 is 3.08 bits per heavy atom. The van der Waals surface area contributed by atoms with Crippen molar-refractivity contribution in [1.29, 1.82) is 5.26 Å². The Labute approximate surface area is 77.8 Å². The lowest BCUT2D eigenvalue weighted by molar-refractivity contribution is -0.138. The first-order chi connectivity index (χ1) is 6.24. The largest absolute Gasteiger partial charge is 0.481 e. The van der Waals surface area contributed by atoms with Crippen LogP contribution in [0.2, 0.25) is 0 Å². The number of carbonyl (C=O) groups is 1. The summed E-state index contributed by atoms with van der Waals surface area (Å²) < 4.78 is 0. The van der Waals surface area contributed by atoms with E-state index in [2.05, 4.69) is 11.0 Å². The van der Waals surface area contributed by atoms with Gasteiger partial charge in [0.1, 0.15) is 0 Å². The summed E-state index contributed by atoms with van der Waals surface area (Å²) in [6.45, 7) is 1.66. The molecule has 72 valence electrons. The van der Waals surface area contributed by atoms with Crippen LogP contribution in [0.1, 0.15) is 25.7 Å². The predicted octanol–water partition coefficient (Wildman–Crippen LogP) is 0.839. The van der Waals surface area contributed by atoms with Crippen molar-refractivity contribution in [3.8, 4) is 6.07 Å². The van der Waals surface area contributed by atoms with Crippen molar-refractivity contribution in [3.63, 3.8) is 0 Å². The molecule has 0 aliphatic carbocycles. The van der Waals surface area contributed by atoms with Crippen LogP contribution in [0.3, 0.4) is 0 Å². The van der Waals surface area contributed by atoms with Crippen molar-refractivity contribution in [1.82, 2.24) is 4.90 Å². The third kappa shape index (κ3) is 3.03. The van der Waals surface area contributed by atoms with Crippen LogP contribution in [0.15, 0.2) is 0 Å². The van der Waals surface area contributed by atoms with E-state index in [1.807, 2.05) is 0 Å². The molecule has 0 aromatic heterocycles. The van der Waals surface area contributed by atoms with Gasteiger partial charge in [-0.2, -0.15) is 5.26 Å². The maximum atomic E-state index is 10.5. The highest BCUT2D eigenvalue weighted by Crippen LogP contribution is 2.19. The van der Waals surface area contributed by atoms with Crippen LogP contribution < -0.4 is 0 Å². The number of hydrogen-bond acceptors (Lipinski definition) is 3. The zero-order chi connectivity index (χ0) is 9.68. The molecule has 1 saturated heterocycles. The molecule has 1 atom stereocenters. The molecule has 0 amide bonds. The van der Waals surface area contributed by atoms with Crippen LogP contribution in [0.25, 0.3) is 0 Å². The number of aliphatic carboxylic acids is 1. The van der Waals surface area contributed by atoms with Crippen LogP contribution in [0, 0.1) is 11.3 Å². The van der Waals surface area contributed by atoms with E-state index in [1.54, 1.807) is 0 Å². The van der Waals surface area contributed by atoms with E-state index < -0.39 is 5.97 Å². The molecule has 0 bridgehead atoms. The van der Waals surface area contributed by atoms with Crippen molar-refractivity contribution in [2.24, 2.45) is 0 Å². The van der Waals surface area contributed by atoms with E-state index in [1.165, 1.54) is 0 Å². The molecule has 0 aromatic rings. The fourth-order valence-electron chi connectivity index (χ4n) is 1.82. The second-order valence-electron chi connectivity index (χ2n) is 3.34. The maximum Gasteiger partial charge on any atom is 0.304 e. The van der Waals surface area contributed by atoms with Gasteiger partial charge in [0.2, 0.25) is 0 Å². The van der Waals surface area contributed by atoms with Gasteiger partial charge in [-0.1, -0.05) is 0 Å². The Hall–Kier alpha value is -1.08. The average Bonchev–Trinajstić information content (AvgIpc) is 2.48. The smallest absolute Gasteiger partial charge is 0.304 e. The Morgan fingerprint density at radius 2 is 2.46 bits per heavy atom. The number of carboxylic acid groups (broad SMARTS) is 1. The van der Waals surface area contributed by atoms with Gasteiger partial charge in [-0.3, -0.25) is 9.69 Å². The molecule has 1 unspecified atom stereocenters. The number of rotatable bonds is 4. The summed E-state index contributed by atoms with van der Waals surface area (Å²) in [5, 5.41) is 17.0. The molecule has 1 rings (SSSR count). The van der Waals surface area contributed by atoms with Gasteiger partial charge in [-0.05, 0) is 19.4 Å². The molecule has 1 fully saturated rings. The molecule has 1 heterocycles. The number of likely N-dealkylation sites (tertiary alicyclic amines) is 1. The third-order valence-corrected chi connectivity index (χ3v) is 2.42. The maximum absolute atomic E-state index is 10.5. The minimum atomic E-state index is -0.742. The van der Waals surface area contributed by atoms with Gasteiger partial charge in [0.15, 0.2) is 0 Å². The van der Waals surface area contributed by atoms with Gasteiger partial charge >= 0.3 is 5.97 Å². The standard InChI is InChI=1S/C9H14N2O2/c10-4-2-6-11-5-1-3-8(11)7-9(12)13/h8H,1-3,5-7H2,(H,12,13). The second kappa shape index (κ2) is 4.83. The number of nitriles is 1. The minimum Gasteiger partial charge on any atom is -0.481 e. The van der Waals surface area contributed by atoms with Gasteiger partial charge in [0.25, 0.3) is 0 Å². The summed E-state index contributed by atoms with van der Waals surface area (Å²) in [6.07, 6.45) is 2.72. The summed E-state index contributed by atoms with van der Waals surface area (Å²) >= 11 is 0. The molecular weight excluding hydrogens is 168 g/mol. The highest BCUT2D eigenvalue weighted by Gasteiger charge is 2.25. The number of hydrogen-bond donors (Lipinski definition) is 1. The van der Waals surface area contributed by atoms with Gasteiger partial charge in [0.05, 0.1) is 12.5 Å². The van der Waals surface area contributed by atoms with Gasteiger partial charge in [-0.25, -0.2) is 0 Å².